The number of hydrogen-bond acceptors (Lipinski definition) is 5. The molecule has 0 atom stereocenters. The summed E-state index contributed by atoms with van der Waals surface area (Å²) in [6.07, 6.45) is 0. The van der Waals surface area contributed by atoms with Crippen LogP contribution in [-0.2, 0) is 0 Å². The van der Waals surface area contributed by atoms with Gasteiger partial charge in [-0.15, -0.1) is 0 Å². The highest BCUT2D eigenvalue weighted by molar-refractivity contribution is 9.10. The summed E-state index contributed by atoms with van der Waals surface area (Å²) in [5, 5.41) is 10.9. The van der Waals surface area contributed by atoms with E-state index in [9.17, 15) is 10.1 Å². The molecule has 1 rings (SSSR count). The minimum atomic E-state index is -0.471. The molecule has 1 aromatic rings. The maximum atomic E-state index is 10.9. The lowest BCUT2D eigenvalue weighted by Gasteiger charge is -2.30. The highest BCUT2D eigenvalue weighted by Gasteiger charge is 2.21. The fourth-order valence-electron chi connectivity index (χ4n) is 1.08. The van der Waals surface area contributed by atoms with E-state index >= 15 is 0 Å². The molecule has 0 aromatic heterocycles. The Balaban J connectivity index is 3.09. The average Bonchev–Trinajstić information content (AvgIpc) is 2.21. The topological polar surface area (TPSA) is 72.4 Å². The van der Waals surface area contributed by atoms with Gasteiger partial charge in [-0.1, -0.05) is 0 Å². The zero-order valence-electron chi connectivity index (χ0n) is 10.7. The second kappa shape index (κ2) is 5.46. The minimum absolute atomic E-state index is 0.0344. The Hall–Kier alpha value is -0.790. The molecule has 0 spiro atoms. The van der Waals surface area contributed by atoms with Crippen LogP contribution in [0.15, 0.2) is 21.5 Å². The van der Waals surface area contributed by atoms with Crippen LogP contribution in [-0.4, -0.2) is 21.8 Å². The van der Waals surface area contributed by atoms with Gasteiger partial charge in [-0.05, 0) is 61.8 Å². The van der Waals surface area contributed by atoms with Crippen molar-refractivity contribution in [1.29, 1.82) is 0 Å². The summed E-state index contributed by atoms with van der Waals surface area (Å²) in [7, 11) is 1.95. The summed E-state index contributed by atoms with van der Waals surface area (Å²) >= 11 is 4.69. The molecule has 0 radical (unpaired) electrons. The largest absolute Gasteiger partial charge is 0.392 e. The van der Waals surface area contributed by atoms with E-state index in [-0.39, 0.29) is 16.9 Å². The van der Waals surface area contributed by atoms with Gasteiger partial charge in [0.15, 0.2) is 0 Å². The van der Waals surface area contributed by atoms with Gasteiger partial charge in [-0.3, -0.25) is 10.1 Å². The molecule has 0 heterocycles. The van der Waals surface area contributed by atoms with Crippen molar-refractivity contribution in [3.8, 4) is 0 Å². The Bertz CT molecular complexity index is 474. The first-order valence-electron chi connectivity index (χ1n) is 5.28. The molecule has 0 bridgehead atoms. The van der Waals surface area contributed by atoms with E-state index in [2.05, 4.69) is 36.7 Å². The molecule has 0 aliphatic rings. The molecular formula is C11H16BrN3O2S. The molecule has 5 nitrogen and oxygen atoms in total. The van der Waals surface area contributed by atoms with Crippen LogP contribution in [0, 0.1) is 10.1 Å². The summed E-state index contributed by atoms with van der Waals surface area (Å²) in [5.41, 5.74) is 5.70. The molecule has 0 amide bonds. The molecular weight excluding hydrogens is 318 g/mol. The smallest absolute Gasteiger partial charge is 0.294 e. The fourth-order valence-corrected chi connectivity index (χ4v) is 2.60. The molecule has 1 aromatic carbocycles. The average molecular weight is 334 g/mol. The lowest BCUT2D eigenvalue weighted by atomic mass is 10.1. The Morgan fingerprint density at radius 2 is 2.00 bits per heavy atom. The number of nitro groups is 1. The van der Waals surface area contributed by atoms with Gasteiger partial charge >= 0.3 is 0 Å². The van der Waals surface area contributed by atoms with E-state index in [1.165, 1.54) is 18.0 Å². The summed E-state index contributed by atoms with van der Waals surface area (Å²) in [6, 6.07) is 3.28. The van der Waals surface area contributed by atoms with Crippen LogP contribution >= 0.6 is 27.9 Å². The van der Waals surface area contributed by atoms with E-state index in [1.807, 2.05) is 11.4 Å². The second-order valence-corrected chi connectivity index (χ2v) is 6.91. The predicted octanol–water partition coefficient (Wildman–Crippen LogP) is 3.68. The number of anilines is 1. The van der Waals surface area contributed by atoms with E-state index in [0.29, 0.717) is 4.47 Å². The third kappa shape index (κ3) is 3.60. The predicted molar refractivity (Wildman–Crippen MR) is 78.6 cm³/mol. The van der Waals surface area contributed by atoms with Crippen molar-refractivity contribution >= 4 is 39.3 Å². The van der Waals surface area contributed by atoms with E-state index in [0.717, 1.165) is 4.90 Å². The number of nitrogen functional groups attached to an aromatic ring is 1. The van der Waals surface area contributed by atoms with Crippen LogP contribution in [0.5, 0.6) is 0 Å². The van der Waals surface area contributed by atoms with Crippen molar-refractivity contribution in [2.45, 2.75) is 31.2 Å². The number of benzene rings is 1. The number of nitro benzene ring substituents is 1. The van der Waals surface area contributed by atoms with Crippen LogP contribution in [0.25, 0.3) is 0 Å². The summed E-state index contributed by atoms with van der Waals surface area (Å²) in [5.74, 6) is 0. The highest BCUT2D eigenvalue weighted by Crippen LogP contribution is 2.37. The second-order valence-electron chi connectivity index (χ2n) is 4.85. The maximum absolute atomic E-state index is 10.9. The Morgan fingerprint density at radius 1 is 1.44 bits per heavy atom. The van der Waals surface area contributed by atoms with E-state index < -0.39 is 4.92 Å². The van der Waals surface area contributed by atoms with Crippen molar-refractivity contribution in [3.05, 3.63) is 26.7 Å². The summed E-state index contributed by atoms with van der Waals surface area (Å²) < 4.78 is 2.58. The van der Waals surface area contributed by atoms with Gasteiger partial charge < -0.3 is 5.73 Å². The molecule has 0 saturated heterocycles. The molecule has 2 N–H and O–H groups in total. The van der Waals surface area contributed by atoms with Crippen LogP contribution in [0.1, 0.15) is 20.8 Å². The van der Waals surface area contributed by atoms with Crippen molar-refractivity contribution in [3.63, 3.8) is 0 Å². The van der Waals surface area contributed by atoms with Crippen LogP contribution in [0.2, 0.25) is 0 Å². The standard InChI is InChI=1S/C11H16BrN3O2S/c1-11(2,3)14(4)18-7-5-8(12)10(13)9(6-7)15(16)17/h5-6H,13H2,1-4H3. The monoisotopic (exact) mass is 333 g/mol. The number of hydrogen-bond donors (Lipinski definition) is 1. The summed E-state index contributed by atoms with van der Waals surface area (Å²) in [4.78, 5) is 11.2. The first-order chi connectivity index (χ1) is 8.12. The van der Waals surface area contributed by atoms with Gasteiger partial charge in [0, 0.05) is 21.0 Å². The third-order valence-electron chi connectivity index (χ3n) is 2.46. The zero-order valence-corrected chi connectivity index (χ0v) is 13.1. The van der Waals surface area contributed by atoms with Gasteiger partial charge in [0.25, 0.3) is 5.69 Å². The highest BCUT2D eigenvalue weighted by atomic mass is 79.9. The van der Waals surface area contributed by atoms with Crippen molar-refractivity contribution in [1.82, 2.24) is 4.31 Å². The minimum Gasteiger partial charge on any atom is -0.392 e. The van der Waals surface area contributed by atoms with Crippen molar-refractivity contribution in [2.75, 3.05) is 12.8 Å². The molecule has 0 fully saturated rings. The Kier molecular flexibility index (Phi) is 4.63. The van der Waals surface area contributed by atoms with Crippen molar-refractivity contribution in [2.24, 2.45) is 0 Å². The number of nitrogens with two attached hydrogens (primary N) is 1. The van der Waals surface area contributed by atoms with Gasteiger partial charge in [0.05, 0.1) is 4.92 Å². The molecule has 7 heteroatoms. The molecule has 18 heavy (non-hydrogen) atoms. The lowest BCUT2D eigenvalue weighted by Crippen LogP contribution is -2.32. The normalized spacial score (nSPS) is 11.9. The quantitative estimate of drug-likeness (QED) is 0.395. The SMILES string of the molecule is CN(Sc1cc(Br)c(N)c([N+](=O)[O-])c1)C(C)(C)C. The number of nitrogens with zero attached hydrogens (tertiary/aromatic N) is 2. The van der Waals surface area contributed by atoms with Gasteiger partial charge in [-0.25, -0.2) is 4.31 Å². The van der Waals surface area contributed by atoms with Gasteiger partial charge in [0.1, 0.15) is 5.69 Å². The van der Waals surface area contributed by atoms with Gasteiger partial charge in [0.2, 0.25) is 0 Å². The van der Waals surface area contributed by atoms with Crippen molar-refractivity contribution < 1.29 is 4.92 Å². The Morgan fingerprint density at radius 3 is 2.44 bits per heavy atom. The first-order valence-corrected chi connectivity index (χ1v) is 6.85. The maximum Gasteiger partial charge on any atom is 0.294 e. The number of halogens is 1. The molecule has 0 unspecified atom stereocenters. The van der Waals surface area contributed by atoms with E-state index in [1.54, 1.807) is 6.07 Å². The lowest BCUT2D eigenvalue weighted by molar-refractivity contribution is -0.384. The fraction of sp³-hybridized carbons (Fsp3) is 0.455. The molecule has 0 aliphatic carbocycles. The van der Waals surface area contributed by atoms with Crippen LogP contribution in [0.3, 0.4) is 0 Å². The van der Waals surface area contributed by atoms with Crippen LogP contribution < -0.4 is 5.73 Å². The zero-order chi connectivity index (χ0) is 14.1. The summed E-state index contributed by atoms with van der Waals surface area (Å²) in [6.45, 7) is 6.21. The molecule has 0 saturated carbocycles. The molecule has 0 aliphatic heterocycles. The molecule has 100 valence electrons. The Labute approximate surface area is 119 Å². The van der Waals surface area contributed by atoms with Crippen LogP contribution in [0.4, 0.5) is 11.4 Å². The first kappa shape index (κ1) is 15.3. The third-order valence-corrected chi connectivity index (χ3v) is 4.39. The van der Waals surface area contributed by atoms with Gasteiger partial charge in [-0.2, -0.15) is 0 Å². The number of rotatable bonds is 3. The van der Waals surface area contributed by atoms with E-state index in [4.69, 9.17) is 5.73 Å².